The molecule has 1 aromatic rings. The van der Waals surface area contributed by atoms with E-state index in [9.17, 15) is 9.59 Å². The number of rotatable bonds is 5. The van der Waals surface area contributed by atoms with E-state index >= 15 is 0 Å². The van der Waals surface area contributed by atoms with E-state index < -0.39 is 12.1 Å². The number of hydrogen-bond donors (Lipinski definition) is 3. The number of carboxylic acids is 1. The Morgan fingerprint density at radius 2 is 2.31 bits per heavy atom. The maximum Gasteiger partial charge on any atom is 0.332 e. The molecule has 1 aromatic heterocycles. The smallest absolute Gasteiger partial charge is 0.332 e. The molecule has 0 aromatic carbocycles. The summed E-state index contributed by atoms with van der Waals surface area (Å²) in [4.78, 5) is 25.7. The number of aryl methyl sites for hydroxylation is 1. The summed E-state index contributed by atoms with van der Waals surface area (Å²) in [5, 5.41) is 22.2. The zero-order valence-electron chi connectivity index (χ0n) is 8.64. The van der Waals surface area contributed by atoms with Gasteiger partial charge in [0.25, 0.3) is 5.91 Å². The van der Waals surface area contributed by atoms with E-state index in [2.05, 4.69) is 10.3 Å². The van der Waals surface area contributed by atoms with Gasteiger partial charge in [-0.2, -0.15) is 0 Å². The predicted octanol–water partition coefficient (Wildman–Crippen LogP) is 0.0169. The number of aliphatic carboxylic acids is 1. The Morgan fingerprint density at radius 1 is 1.62 bits per heavy atom. The molecule has 16 heavy (non-hydrogen) atoms. The van der Waals surface area contributed by atoms with Gasteiger partial charge in [-0.25, -0.2) is 9.78 Å². The van der Waals surface area contributed by atoms with Crippen molar-refractivity contribution in [3.05, 3.63) is 16.1 Å². The van der Waals surface area contributed by atoms with Gasteiger partial charge >= 0.3 is 5.97 Å². The summed E-state index contributed by atoms with van der Waals surface area (Å²) < 4.78 is 0. The van der Waals surface area contributed by atoms with Crippen LogP contribution in [-0.4, -0.2) is 39.7 Å². The molecular formula is C9H12N2O4S. The van der Waals surface area contributed by atoms with Crippen LogP contribution in [0.3, 0.4) is 0 Å². The minimum Gasteiger partial charge on any atom is -0.479 e. The Morgan fingerprint density at radius 3 is 2.81 bits per heavy atom. The van der Waals surface area contributed by atoms with E-state index in [1.165, 1.54) is 11.3 Å². The second kappa shape index (κ2) is 5.57. The molecule has 3 N–H and O–H groups in total. The molecule has 1 atom stereocenters. The zero-order chi connectivity index (χ0) is 12.1. The first-order chi connectivity index (χ1) is 7.50. The lowest BCUT2D eigenvalue weighted by atomic mass is 10.2. The summed E-state index contributed by atoms with van der Waals surface area (Å²) in [6.07, 6.45) is -1.47. The molecule has 0 radical (unpaired) electrons. The third-order valence-corrected chi connectivity index (χ3v) is 2.61. The van der Waals surface area contributed by atoms with Crippen molar-refractivity contribution < 1.29 is 19.8 Å². The third-order valence-electron chi connectivity index (χ3n) is 1.84. The van der Waals surface area contributed by atoms with Gasteiger partial charge in [-0.15, -0.1) is 11.3 Å². The van der Waals surface area contributed by atoms with Crippen LogP contribution in [0.15, 0.2) is 5.38 Å². The highest BCUT2D eigenvalue weighted by atomic mass is 32.1. The van der Waals surface area contributed by atoms with Crippen LogP contribution in [-0.2, 0) is 4.79 Å². The van der Waals surface area contributed by atoms with E-state index in [1.54, 1.807) is 12.3 Å². The van der Waals surface area contributed by atoms with Crippen LogP contribution in [0.25, 0.3) is 0 Å². The van der Waals surface area contributed by atoms with E-state index in [4.69, 9.17) is 10.2 Å². The van der Waals surface area contributed by atoms with Crippen molar-refractivity contribution >= 4 is 23.2 Å². The summed E-state index contributed by atoms with van der Waals surface area (Å²) in [7, 11) is 0. The first-order valence-corrected chi connectivity index (χ1v) is 5.50. The Kier molecular flexibility index (Phi) is 4.39. The van der Waals surface area contributed by atoms with Gasteiger partial charge in [0.1, 0.15) is 5.69 Å². The van der Waals surface area contributed by atoms with Crippen LogP contribution in [0.1, 0.15) is 21.9 Å². The van der Waals surface area contributed by atoms with E-state index in [1.807, 2.05) is 0 Å². The molecule has 1 amide bonds. The Bertz CT molecular complexity index is 391. The highest BCUT2D eigenvalue weighted by molar-refractivity contribution is 7.09. The first-order valence-electron chi connectivity index (χ1n) is 4.62. The summed E-state index contributed by atoms with van der Waals surface area (Å²) >= 11 is 1.36. The Labute approximate surface area is 95.9 Å². The number of aliphatic hydroxyl groups excluding tert-OH is 1. The second-order valence-electron chi connectivity index (χ2n) is 3.15. The van der Waals surface area contributed by atoms with Gasteiger partial charge in [0, 0.05) is 18.3 Å². The standard InChI is InChI=1S/C9H12N2O4S/c1-5-11-6(4-16-5)8(13)10-3-2-7(12)9(14)15/h4,7,12H,2-3H2,1H3,(H,10,13)(H,14,15). The summed E-state index contributed by atoms with van der Waals surface area (Å²) in [6.45, 7) is 1.89. The van der Waals surface area contributed by atoms with Crippen LogP contribution < -0.4 is 5.32 Å². The van der Waals surface area contributed by atoms with Crippen molar-refractivity contribution in [2.45, 2.75) is 19.4 Å². The van der Waals surface area contributed by atoms with Crippen molar-refractivity contribution in [2.24, 2.45) is 0 Å². The number of carboxylic acid groups (broad SMARTS) is 1. The molecule has 0 aliphatic rings. The van der Waals surface area contributed by atoms with Crippen LogP contribution in [0.5, 0.6) is 0 Å². The molecule has 0 bridgehead atoms. The van der Waals surface area contributed by atoms with Crippen molar-refractivity contribution in [3.8, 4) is 0 Å². The minimum absolute atomic E-state index is 0.0236. The molecule has 0 spiro atoms. The minimum atomic E-state index is -1.45. The van der Waals surface area contributed by atoms with Gasteiger partial charge in [-0.05, 0) is 6.92 Å². The lowest BCUT2D eigenvalue weighted by molar-refractivity contribution is -0.146. The normalized spacial score (nSPS) is 12.1. The zero-order valence-corrected chi connectivity index (χ0v) is 9.45. The summed E-state index contributed by atoms with van der Waals surface area (Å²) in [5.41, 5.74) is 0.312. The molecule has 1 heterocycles. The Balaban J connectivity index is 2.34. The second-order valence-corrected chi connectivity index (χ2v) is 4.21. The highest BCUT2D eigenvalue weighted by Crippen LogP contribution is 2.07. The van der Waals surface area contributed by atoms with Crippen LogP contribution in [0.2, 0.25) is 0 Å². The summed E-state index contributed by atoms with van der Waals surface area (Å²) in [6, 6.07) is 0. The molecular weight excluding hydrogens is 232 g/mol. The topological polar surface area (TPSA) is 99.5 Å². The number of aliphatic hydroxyl groups is 1. The number of carbonyl (C=O) groups is 2. The number of amides is 1. The maximum absolute atomic E-state index is 11.4. The number of aromatic nitrogens is 1. The first kappa shape index (κ1) is 12.6. The van der Waals surface area contributed by atoms with Gasteiger partial charge in [0.2, 0.25) is 0 Å². The third kappa shape index (κ3) is 3.59. The van der Waals surface area contributed by atoms with Crippen LogP contribution in [0.4, 0.5) is 0 Å². The molecule has 7 heteroatoms. The number of carbonyl (C=O) groups excluding carboxylic acids is 1. The fourth-order valence-electron chi connectivity index (χ4n) is 1.00. The lowest BCUT2D eigenvalue weighted by Crippen LogP contribution is -2.30. The van der Waals surface area contributed by atoms with Crippen molar-refractivity contribution in [3.63, 3.8) is 0 Å². The molecule has 0 aliphatic heterocycles. The van der Waals surface area contributed by atoms with Gasteiger partial charge in [-0.3, -0.25) is 4.79 Å². The average molecular weight is 244 g/mol. The number of hydrogen-bond acceptors (Lipinski definition) is 5. The molecule has 0 fully saturated rings. The van der Waals surface area contributed by atoms with Crippen LogP contribution in [0, 0.1) is 6.92 Å². The monoisotopic (exact) mass is 244 g/mol. The Hall–Kier alpha value is -1.47. The van der Waals surface area contributed by atoms with Gasteiger partial charge < -0.3 is 15.5 Å². The number of nitrogens with zero attached hydrogens (tertiary/aromatic N) is 1. The van der Waals surface area contributed by atoms with E-state index in [0.717, 1.165) is 5.01 Å². The predicted molar refractivity (Wildman–Crippen MR) is 57.4 cm³/mol. The molecule has 6 nitrogen and oxygen atoms in total. The fourth-order valence-corrected chi connectivity index (χ4v) is 1.60. The molecule has 1 unspecified atom stereocenters. The molecule has 0 saturated carbocycles. The molecule has 88 valence electrons. The molecule has 1 rings (SSSR count). The van der Waals surface area contributed by atoms with Gasteiger partial charge in [0.05, 0.1) is 5.01 Å². The van der Waals surface area contributed by atoms with E-state index in [0.29, 0.717) is 5.69 Å². The summed E-state index contributed by atoms with van der Waals surface area (Å²) in [5.74, 6) is -1.65. The number of nitrogens with one attached hydrogen (secondary N) is 1. The highest BCUT2D eigenvalue weighted by Gasteiger charge is 2.14. The van der Waals surface area contributed by atoms with E-state index in [-0.39, 0.29) is 18.9 Å². The quantitative estimate of drug-likeness (QED) is 0.678. The van der Waals surface area contributed by atoms with Crippen molar-refractivity contribution in [1.29, 1.82) is 0 Å². The van der Waals surface area contributed by atoms with Crippen molar-refractivity contribution in [1.82, 2.24) is 10.3 Å². The number of thiazole rings is 1. The maximum atomic E-state index is 11.4. The largest absolute Gasteiger partial charge is 0.479 e. The fraction of sp³-hybridized carbons (Fsp3) is 0.444. The van der Waals surface area contributed by atoms with Gasteiger partial charge in [-0.1, -0.05) is 0 Å². The molecule has 0 aliphatic carbocycles. The van der Waals surface area contributed by atoms with Gasteiger partial charge in [0.15, 0.2) is 6.10 Å². The molecule has 0 saturated heterocycles. The SMILES string of the molecule is Cc1nc(C(=O)NCCC(O)C(=O)O)cs1. The van der Waals surface area contributed by atoms with Crippen molar-refractivity contribution in [2.75, 3.05) is 6.54 Å². The van der Waals surface area contributed by atoms with Crippen LogP contribution >= 0.6 is 11.3 Å². The lowest BCUT2D eigenvalue weighted by Gasteiger charge is -2.05. The average Bonchev–Trinajstić information content (AvgIpc) is 2.64.